The van der Waals surface area contributed by atoms with Gasteiger partial charge in [0.15, 0.2) is 34.7 Å². The molecule has 42 heavy (non-hydrogen) atoms. The van der Waals surface area contributed by atoms with E-state index in [9.17, 15) is 38.6 Å². The van der Waals surface area contributed by atoms with Gasteiger partial charge in [0.05, 0.1) is 17.5 Å². The Morgan fingerprint density at radius 1 is 1.12 bits per heavy atom. The first-order chi connectivity index (χ1) is 19.8. The molecule has 2 aromatic rings. The summed E-state index contributed by atoms with van der Waals surface area (Å²) >= 11 is 0. The molecule has 2 fully saturated rings. The number of hydrogen-bond donors (Lipinski definition) is 4. The van der Waals surface area contributed by atoms with Crippen molar-refractivity contribution in [3.05, 3.63) is 53.1 Å². The van der Waals surface area contributed by atoms with Gasteiger partial charge in [-0.3, -0.25) is 28.9 Å². The number of nitrogens with one attached hydrogen (secondary N) is 1. The third kappa shape index (κ3) is 4.38. The topological polar surface area (TPSA) is 167 Å². The molecule has 3 aliphatic rings. The number of fused-ring (bicyclic) bond motifs is 3. The third-order valence-corrected chi connectivity index (χ3v) is 9.21. The second-order valence-corrected chi connectivity index (χ2v) is 11.8. The molecule has 0 bridgehead atoms. The van der Waals surface area contributed by atoms with E-state index in [1.807, 2.05) is 31.2 Å². The standard InChI is InChI=1S/C31H34FN3O7/c1-14(34-11-10-32)15-4-6-16(7-5-15)18-8-9-21(36)23-19(18)12-17-13-20-25(35(2)3)27(38)24(30(33)41)29(40)31(20,42)28(39)22(17)26(23)37/h4-9,14,17,20,22,24-25,34,36,42H,10-13H2,1-3H3,(H2,33,41)/t14?,17-,20-,22?,24?,25-,31-/m0/s1. The minimum Gasteiger partial charge on any atom is -0.507 e. The number of Topliss-reactive ketones (excluding diaryl/α,β-unsaturated/α-hetero) is 4. The van der Waals surface area contributed by atoms with E-state index in [1.54, 1.807) is 20.2 Å². The van der Waals surface area contributed by atoms with Crippen LogP contribution in [0, 0.1) is 23.7 Å². The minimum absolute atomic E-state index is 0.0182. The maximum absolute atomic E-state index is 13.9. The van der Waals surface area contributed by atoms with Crippen LogP contribution in [0.4, 0.5) is 4.39 Å². The lowest BCUT2D eigenvalue weighted by molar-refractivity contribution is -0.181. The van der Waals surface area contributed by atoms with Gasteiger partial charge in [-0.25, -0.2) is 4.39 Å². The van der Waals surface area contributed by atoms with Gasteiger partial charge in [0, 0.05) is 18.5 Å². The minimum atomic E-state index is -2.76. The van der Waals surface area contributed by atoms with Crippen LogP contribution in [0.2, 0.25) is 0 Å². The van der Waals surface area contributed by atoms with Gasteiger partial charge in [-0.2, -0.15) is 0 Å². The molecule has 7 atom stereocenters. The molecule has 5 rings (SSSR count). The first kappa shape index (κ1) is 29.7. The number of nitrogens with zero attached hydrogens (tertiary/aromatic N) is 1. The van der Waals surface area contributed by atoms with Gasteiger partial charge in [0.25, 0.3) is 0 Å². The summed E-state index contributed by atoms with van der Waals surface area (Å²) < 4.78 is 12.6. The third-order valence-electron chi connectivity index (χ3n) is 9.21. The number of hydrogen-bond acceptors (Lipinski definition) is 9. The van der Waals surface area contributed by atoms with Crippen LogP contribution in [0.1, 0.15) is 40.9 Å². The molecule has 0 saturated heterocycles. The highest BCUT2D eigenvalue weighted by Gasteiger charge is 2.69. The fraction of sp³-hybridized carbons (Fsp3) is 0.452. The molecule has 0 aromatic heterocycles. The van der Waals surface area contributed by atoms with E-state index in [4.69, 9.17) is 5.73 Å². The highest BCUT2D eigenvalue weighted by atomic mass is 19.1. The molecule has 1 amide bonds. The van der Waals surface area contributed by atoms with Crippen LogP contribution in [0.25, 0.3) is 11.1 Å². The lowest BCUT2D eigenvalue weighted by Crippen LogP contribution is -2.74. The molecule has 2 aromatic carbocycles. The van der Waals surface area contributed by atoms with E-state index in [1.165, 1.54) is 11.0 Å². The maximum Gasteiger partial charge on any atom is 0.235 e. The number of aliphatic hydroxyl groups is 1. The Labute approximate surface area is 242 Å². The number of likely N-dealkylation sites (N-methyl/N-ethyl adjacent to an activating group) is 1. The summed E-state index contributed by atoms with van der Waals surface area (Å²) in [5.74, 6) is -10.8. The zero-order valence-electron chi connectivity index (χ0n) is 23.6. The summed E-state index contributed by atoms with van der Waals surface area (Å²) in [5.41, 5.74) is 5.44. The van der Waals surface area contributed by atoms with Crippen LogP contribution in [0.15, 0.2) is 36.4 Å². The molecule has 0 radical (unpaired) electrons. The average molecular weight is 580 g/mol. The van der Waals surface area contributed by atoms with Crippen LogP contribution in [-0.4, -0.2) is 83.1 Å². The maximum atomic E-state index is 13.9. The summed E-state index contributed by atoms with van der Waals surface area (Å²) in [6, 6.07) is 9.32. The van der Waals surface area contributed by atoms with Crippen LogP contribution in [0.3, 0.4) is 0 Å². The number of phenols is 1. The molecule has 5 N–H and O–H groups in total. The second kappa shape index (κ2) is 10.8. The van der Waals surface area contributed by atoms with E-state index < -0.39 is 71.0 Å². The lowest BCUT2D eigenvalue weighted by Gasteiger charge is -2.52. The summed E-state index contributed by atoms with van der Waals surface area (Å²) in [5, 5.41) is 25.5. The Bertz CT molecular complexity index is 1490. The summed E-state index contributed by atoms with van der Waals surface area (Å²) in [6.07, 6.45) is 0.154. The first-order valence-electron chi connectivity index (χ1n) is 13.9. The number of carbonyl (C=O) groups excluding carboxylic acids is 5. The normalized spacial score (nSPS) is 29.6. The Kier molecular flexibility index (Phi) is 7.63. The van der Waals surface area contributed by atoms with Gasteiger partial charge in [-0.15, -0.1) is 0 Å². The molecular weight excluding hydrogens is 545 g/mol. The Morgan fingerprint density at radius 2 is 1.79 bits per heavy atom. The van der Waals surface area contributed by atoms with E-state index >= 15 is 0 Å². The van der Waals surface area contributed by atoms with E-state index in [0.717, 1.165) is 11.1 Å². The average Bonchev–Trinajstić information content (AvgIpc) is 2.93. The van der Waals surface area contributed by atoms with Crippen LogP contribution >= 0.6 is 0 Å². The molecule has 0 spiro atoms. The fourth-order valence-electron chi connectivity index (χ4n) is 7.22. The number of phenolic OH excluding ortho intramolecular Hbond substituents is 1. The molecular formula is C31H34FN3O7. The number of benzene rings is 2. The quantitative estimate of drug-likeness (QED) is 0.352. The number of carbonyl (C=O) groups is 5. The number of rotatable bonds is 7. The fourth-order valence-corrected chi connectivity index (χ4v) is 7.22. The molecule has 2 saturated carbocycles. The number of primary amides is 1. The summed E-state index contributed by atoms with van der Waals surface area (Å²) in [7, 11) is 3.09. The van der Waals surface area contributed by atoms with Crippen molar-refractivity contribution in [2.24, 2.45) is 29.4 Å². The molecule has 0 aliphatic heterocycles. The predicted molar refractivity (Wildman–Crippen MR) is 149 cm³/mol. The number of ketones is 4. The Balaban J connectivity index is 1.57. The molecule has 10 nitrogen and oxygen atoms in total. The molecule has 3 unspecified atom stereocenters. The second-order valence-electron chi connectivity index (χ2n) is 11.8. The van der Waals surface area contributed by atoms with E-state index in [-0.39, 0.29) is 36.7 Å². The highest BCUT2D eigenvalue weighted by molar-refractivity contribution is 6.32. The van der Waals surface area contributed by atoms with Gasteiger partial charge < -0.3 is 21.3 Å². The van der Waals surface area contributed by atoms with Crippen molar-refractivity contribution in [3.8, 4) is 16.9 Å². The van der Waals surface area contributed by atoms with Crippen molar-refractivity contribution in [3.63, 3.8) is 0 Å². The first-order valence-corrected chi connectivity index (χ1v) is 13.9. The predicted octanol–water partition coefficient (Wildman–Crippen LogP) is 1.15. The van der Waals surface area contributed by atoms with Crippen molar-refractivity contribution >= 4 is 29.0 Å². The summed E-state index contributed by atoms with van der Waals surface area (Å²) in [6.45, 7) is 1.66. The highest BCUT2D eigenvalue weighted by Crippen LogP contribution is 2.51. The zero-order valence-corrected chi connectivity index (χ0v) is 23.6. The number of amides is 1. The molecule has 0 heterocycles. The number of nitrogens with two attached hydrogens (primary N) is 1. The molecule has 11 heteroatoms. The summed E-state index contributed by atoms with van der Waals surface area (Å²) in [4.78, 5) is 68.1. The largest absolute Gasteiger partial charge is 0.507 e. The van der Waals surface area contributed by atoms with Crippen molar-refractivity contribution in [2.45, 2.75) is 37.5 Å². The van der Waals surface area contributed by atoms with Crippen molar-refractivity contribution < 1.29 is 38.6 Å². The van der Waals surface area contributed by atoms with Crippen LogP contribution in [0.5, 0.6) is 5.75 Å². The van der Waals surface area contributed by atoms with Gasteiger partial charge in [-0.05, 0) is 68.1 Å². The smallest absolute Gasteiger partial charge is 0.235 e. The Morgan fingerprint density at radius 3 is 2.38 bits per heavy atom. The monoisotopic (exact) mass is 579 g/mol. The number of aromatic hydroxyl groups is 1. The van der Waals surface area contributed by atoms with Crippen molar-refractivity contribution in [1.82, 2.24) is 10.2 Å². The number of alkyl halides is 1. The van der Waals surface area contributed by atoms with Crippen LogP contribution in [-0.2, 0) is 25.6 Å². The number of halogens is 1. The van der Waals surface area contributed by atoms with Crippen molar-refractivity contribution in [1.29, 1.82) is 0 Å². The zero-order chi connectivity index (χ0) is 30.7. The van der Waals surface area contributed by atoms with Gasteiger partial charge in [-0.1, -0.05) is 30.3 Å². The van der Waals surface area contributed by atoms with Crippen LogP contribution < -0.4 is 11.1 Å². The SMILES string of the molecule is CC(NCCF)c1ccc(-c2ccc(O)c3c2C[C@H]2C[C@H]4[C@H](N(C)C)C(=O)C(C(N)=O)C(=O)[C@@]4(O)C(=O)C2C3=O)cc1. The van der Waals surface area contributed by atoms with E-state index in [2.05, 4.69) is 5.32 Å². The molecule has 3 aliphatic carbocycles. The van der Waals surface area contributed by atoms with Crippen molar-refractivity contribution in [2.75, 3.05) is 27.3 Å². The molecule has 222 valence electrons. The van der Waals surface area contributed by atoms with Gasteiger partial charge >= 0.3 is 0 Å². The van der Waals surface area contributed by atoms with Gasteiger partial charge in [0.2, 0.25) is 5.91 Å². The van der Waals surface area contributed by atoms with E-state index in [0.29, 0.717) is 11.1 Å². The Hall–Kier alpha value is -3.80. The lowest BCUT2D eigenvalue weighted by atomic mass is 9.52. The van der Waals surface area contributed by atoms with Gasteiger partial charge in [0.1, 0.15) is 12.4 Å².